The second-order valence-electron chi connectivity index (χ2n) is 4.66. The highest BCUT2D eigenvalue weighted by atomic mass is 32.1. The van der Waals surface area contributed by atoms with Gasteiger partial charge in [-0.25, -0.2) is 0 Å². The highest BCUT2D eigenvalue weighted by Gasteiger charge is 2.28. The molecule has 0 saturated carbocycles. The van der Waals surface area contributed by atoms with Gasteiger partial charge in [-0.3, -0.25) is 4.79 Å². The van der Waals surface area contributed by atoms with Crippen molar-refractivity contribution in [1.29, 1.82) is 0 Å². The summed E-state index contributed by atoms with van der Waals surface area (Å²) < 4.78 is 5.24. The van der Waals surface area contributed by atoms with Gasteiger partial charge in [0.1, 0.15) is 5.75 Å². The summed E-state index contributed by atoms with van der Waals surface area (Å²) in [5.41, 5.74) is 8.55. The Morgan fingerprint density at radius 1 is 1.40 bits per heavy atom. The number of aryl methyl sites for hydroxylation is 1. The van der Waals surface area contributed by atoms with E-state index in [2.05, 4.69) is 10.6 Å². The monoisotopic (exact) mass is 291 g/mol. The molecular weight excluding hydrogens is 274 g/mol. The maximum absolute atomic E-state index is 11.7. The van der Waals surface area contributed by atoms with Gasteiger partial charge in [-0.15, -0.1) is 0 Å². The SMILES string of the molecule is COc1ccc([C@@H]2NC(=S)NC(C)=C2C(N)=O)cc1C. The zero-order chi connectivity index (χ0) is 14.9. The molecule has 1 aromatic rings. The first-order valence-electron chi connectivity index (χ1n) is 6.16. The number of ether oxygens (including phenoxy) is 1. The Labute approximate surface area is 123 Å². The van der Waals surface area contributed by atoms with E-state index in [-0.39, 0.29) is 6.04 Å². The molecule has 1 amide bonds. The van der Waals surface area contributed by atoms with E-state index in [1.807, 2.05) is 25.1 Å². The number of amides is 1. The van der Waals surface area contributed by atoms with Crippen molar-refractivity contribution >= 4 is 23.2 Å². The van der Waals surface area contributed by atoms with Crippen LogP contribution in [0.2, 0.25) is 0 Å². The summed E-state index contributed by atoms with van der Waals surface area (Å²) in [5.74, 6) is 0.329. The van der Waals surface area contributed by atoms with Crippen LogP contribution in [0.3, 0.4) is 0 Å². The van der Waals surface area contributed by atoms with Crippen molar-refractivity contribution < 1.29 is 9.53 Å². The molecule has 0 aromatic heterocycles. The van der Waals surface area contributed by atoms with Crippen LogP contribution in [0.25, 0.3) is 0 Å². The molecule has 4 N–H and O–H groups in total. The first kappa shape index (κ1) is 14.3. The highest BCUT2D eigenvalue weighted by Crippen LogP contribution is 2.29. The lowest BCUT2D eigenvalue weighted by molar-refractivity contribution is -0.115. The highest BCUT2D eigenvalue weighted by molar-refractivity contribution is 7.80. The van der Waals surface area contributed by atoms with Crippen LogP contribution in [0, 0.1) is 6.92 Å². The fourth-order valence-corrected chi connectivity index (χ4v) is 2.62. The maximum atomic E-state index is 11.7. The van der Waals surface area contributed by atoms with Crippen LogP contribution in [0.4, 0.5) is 0 Å². The molecule has 1 heterocycles. The number of carbonyl (C=O) groups is 1. The van der Waals surface area contributed by atoms with E-state index in [0.717, 1.165) is 16.9 Å². The van der Waals surface area contributed by atoms with Crippen LogP contribution in [0.15, 0.2) is 29.5 Å². The summed E-state index contributed by atoms with van der Waals surface area (Å²) in [4.78, 5) is 11.7. The standard InChI is InChI=1S/C14H17N3O2S/c1-7-6-9(4-5-10(7)19-3)12-11(13(15)18)8(2)16-14(20)17-12/h4-6,12H,1-3H3,(H2,15,18)(H2,16,17,20)/t12-/m0/s1. The average molecular weight is 291 g/mol. The van der Waals surface area contributed by atoms with Crippen LogP contribution in [-0.4, -0.2) is 18.1 Å². The summed E-state index contributed by atoms with van der Waals surface area (Å²) in [5, 5.41) is 6.48. The van der Waals surface area contributed by atoms with Crippen molar-refractivity contribution in [3.63, 3.8) is 0 Å². The van der Waals surface area contributed by atoms with Gasteiger partial charge in [0.05, 0.1) is 18.7 Å². The van der Waals surface area contributed by atoms with Gasteiger partial charge in [0.15, 0.2) is 5.11 Å². The van der Waals surface area contributed by atoms with Crippen molar-refractivity contribution in [1.82, 2.24) is 10.6 Å². The summed E-state index contributed by atoms with van der Waals surface area (Å²) in [7, 11) is 1.62. The Hall–Kier alpha value is -2.08. The first-order valence-corrected chi connectivity index (χ1v) is 6.57. The lowest BCUT2D eigenvalue weighted by Crippen LogP contribution is -2.46. The van der Waals surface area contributed by atoms with Crippen LogP contribution in [0.5, 0.6) is 5.75 Å². The van der Waals surface area contributed by atoms with E-state index in [1.165, 1.54) is 0 Å². The van der Waals surface area contributed by atoms with Crippen molar-refractivity contribution in [2.75, 3.05) is 7.11 Å². The Morgan fingerprint density at radius 2 is 2.10 bits per heavy atom. The van der Waals surface area contributed by atoms with Gasteiger partial charge in [-0.1, -0.05) is 6.07 Å². The summed E-state index contributed by atoms with van der Waals surface area (Å²) in [6, 6.07) is 5.38. The Balaban J connectivity index is 2.49. The quantitative estimate of drug-likeness (QED) is 0.731. The molecule has 1 atom stereocenters. The second kappa shape index (κ2) is 5.50. The van der Waals surface area contributed by atoms with E-state index >= 15 is 0 Å². The third kappa shape index (κ3) is 2.60. The predicted molar refractivity (Wildman–Crippen MR) is 81.2 cm³/mol. The molecule has 0 saturated heterocycles. The molecule has 0 spiro atoms. The summed E-state index contributed by atoms with van der Waals surface area (Å²) >= 11 is 5.15. The van der Waals surface area contributed by atoms with Crippen LogP contribution < -0.4 is 21.1 Å². The third-order valence-electron chi connectivity index (χ3n) is 3.29. The molecule has 0 unspecified atom stereocenters. The molecule has 0 fully saturated rings. The smallest absolute Gasteiger partial charge is 0.248 e. The van der Waals surface area contributed by atoms with Crippen molar-refractivity contribution in [2.45, 2.75) is 19.9 Å². The number of rotatable bonds is 3. The average Bonchev–Trinajstić information content (AvgIpc) is 2.37. The van der Waals surface area contributed by atoms with Gasteiger partial charge in [-0.2, -0.15) is 0 Å². The first-order chi connectivity index (χ1) is 9.43. The van der Waals surface area contributed by atoms with Gasteiger partial charge in [0, 0.05) is 5.70 Å². The number of methoxy groups -OCH3 is 1. The van der Waals surface area contributed by atoms with E-state index < -0.39 is 5.91 Å². The lowest BCUT2D eigenvalue weighted by Gasteiger charge is -2.29. The topological polar surface area (TPSA) is 76.4 Å². The number of carbonyl (C=O) groups excluding carboxylic acids is 1. The number of hydrogen-bond donors (Lipinski definition) is 3. The van der Waals surface area contributed by atoms with Crippen LogP contribution in [0.1, 0.15) is 24.1 Å². The van der Waals surface area contributed by atoms with Crippen molar-refractivity contribution in [3.05, 3.63) is 40.6 Å². The number of hydrogen-bond acceptors (Lipinski definition) is 3. The molecule has 0 bridgehead atoms. The van der Waals surface area contributed by atoms with Crippen molar-refractivity contribution in [3.8, 4) is 5.75 Å². The molecule has 2 rings (SSSR count). The van der Waals surface area contributed by atoms with E-state index in [4.69, 9.17) is 22.7 Å². The number of benzene rings is 1. The molecule has 20 heavy (non-hydrogen) atoms. The Bertz CT molecular complexity index is 610. The van der Waals surface area contributed by atoms with Gasteiger partial charge in [0.25, 0.3) is 0 Å². The predicted octanol–water partition coefficient (Wildman–Crippen LogP) is 1.28. The van der Waals surface area contributed by atoms with Crippen molar-refractivity contribution in [2.24, 2.45) is 5.73 Å². The minimum atomic E-state index is -0.469. The van der Waals surface area contributed by atoms with E-state index in [0.29, 0.717) is 16.4 Å². The molecular formula is C14H17N3O2S. The summed E-state index contributed by atoms with van der Waals surface area (Å²) in [6.45, 7) is 3.73. The van der Waals surface area contributed by atoms with Gasteiger partial charge >= 0.3 is 0 Å². The van der Waals surface area contributed by atoms with Crippen LogP contribution >= 0.6 is 12.2 Å². The number of thiocarbonyl (C=S) groups is 1. The largest absolute Gasteiger partial charge is 0.496 e. The van der Waals surface area contributed by atoms with Gasteiger partial charge < -0.3 is 21.1 Å². The summed E-state index contributed by atoms with van der Waals surface area (Å²) in [6.07, 6.45) is 0. The lowest BCUT2D eigenvalue weighted by atomic mass is 9.94. The minimum Gasteiger partial charge on any atom is -0.496 e. The minimum absolute atomic E-state index is 0.342. The number of nitrogens with one attached hydrogen (secondary N) is 2. The molecule has 1 aliphatic rings. The van der Waals surface area contributed by atoms with Gasteiger partial charge in [0.2, 0.25) is 5.91 Å². The fourth-order valence-electron chi connectivity index (χ4n) is 2.35. The Morgan fingerprint density at radius 3 is 2.65 bits per heavy atom. The van der Waals surface area contributed by atoms with Crippen LogP contribution in [-0.2, 0) is 4.79 Å². The number of primary amides is 1. The van der Waals surface area contributed by atoms with Gasteiger partial charge in [-0.05, 0) is 49.3 Å². The maximum Gasteiger partial charge on any atom is 0.248 e. The fraction of sp³-hybridized carbons (Fsp3) is 0.286. The molecule has 0 radical (unpaired) electrons. The molecule has 0 aliphatic carbocycles. The third-order valence-corrected chi connectivity index (χ3v) is 3.51. The van der Waals surface area contributed by atoms with E-state index in [9.17, 15) is 4.79 Å². The molecule has 106 valence electrons. The molecule has 5 nitrogen and oxygen atoms in total. The zero-order valence-electron chi connectivity index (χ0n) is 11.6. The van der Waals surface area contributed by atoms with E-state index in [1.54, 1.807) is 14.0 Å². The molecule has 1 aliphatic heterocycles. The Kier molecular flexibility index (Phi) is 3.94. The molecule has 1 aromatic carbocycles. The zero-order valence-corrected chi connectivity index (χ0v) is 12.4. The molecule has 6 heteroatoms. The number of nitrogens with two attached hydrogens (primary N) is 1. The number of allylic oxidation sites excluding steroid dienone is 1. The second-order valence-corrected chi connectivity index (χ2v) is 5.07. The normalized spacial score (nSPS) is 18.4.